The largest absolute Gasteiger partial charge is 0.369 e. The van der Waals surface area contributed by atoms with Gasteiger partial charge in [0.15, 0.2) is 0 Å². The van der Waals surface area contributed by atoms with Crippen LogP contribution in [0.1, 0.15) is 31.7 Å². The lowest BCUT2D eigenvalue weighted by molar-refractivity contribution is 0.248. The molecule has 1 unspecified atom stereocenters. The molecule has 1 aliphatic heterocycles. The van der Waals surface area contributed by atoms with E-state index in [2.05, 4.69) is 34.9 Å². The van der Waals surface area contributed by atoms with Gasteiger partial charge in [-0.3, -0.25) is 4.90 Å². The van der Waals surface area contributed by atoms with Crippen molar-refractivity contribution in [3.63, 3.8) is 0 Å². The molecule has 2 fully saturated rings. The molecule has 2 N–H and O–H groups in total. The van der Waals surface area contributed by atoms with Crippen molar-refractivity contribution in [2.24, 2.45) is 5.73 Å². The number of nitrogens with zero attached hydrogens (tertiary/aromatic N) is 2. The van der Waals surface area contributed by atoms with Gasteiger partial charge in [0.05, 0.1) is 0 Å². The van der Waals surface area contributed by atoms with Gasteiger partial charge >= 0.3 is 0 Å². The second-order valence-corrected chi connectivity index (χ2v) is 6.81. The molecule has 0 aromatic heterocycles. The predicted octanol–water partition coefficient (Wildman–Crippen LogP) is 2.90. The van der Waals surface area contributed by atoms with E-state index in [1.807, 2.05) is 0 Å². The Hall–Kier alpha value is -0.770. The first kappa shape index (κ1) is 15.1. The van der Waals surface area contributed by atoms with Gasteiger partial charge in [-0.25, -0.2) is 0 Å². The summed E-state index contributed by atoms with van der Waals surface area (Å²) < 4.78 is 0. The maximum absolute atomic E-state index is 6.45. The van der Waals surface area contributed by atoms with Crippen LogP contribution in [0.5, 0.6) is 0 Å². The van der Waals surface area contributed by atoms with Crippen molar-refractivity contribution in [1.82, 2.24) is 4.90 Å². The number of rotatable bonds is 5. The lowest BCUT2D eigenvalue weighted by atomic mass is 10.0. The molecule has 1 saturated heterocycles. The number of anilines is 1. The fourth-order valence-electron chi connectivity index (χ4n) is 3.11. The molecule has 1 aromatic rings. The Balaban J connectivity index is 1.62. The molecule has 1 heterocycles. The van der Waals surface area contributed by atoms with E-state index in [-0.39, 0.29) is 6.04 Å². The summed E-state index contributed by atoms with van der Waals surface area (Å²) in [4.78, 5) is 5.08. The molecule has 21 heavy (non-hydrogen) atoms. The highest BCUT2D eigenvalue weighted by Crippen LogP contribution is 2.30. The molecule has 2 aliphatic rings. The first-order valence-electron chi connectivity index (χ1n) is 8.20. The lowest BCUT2D eigenvalue weighted by Gasteiger charge is -2.36. The lowest BCUT2D eigenvalue weighted by Crippen LogP contribution is -2.47. The predicted molar refractivity (Wildman–Crippen MR) is 90.2 cm³/mol. The van der Waals surface area contributed by atoms with Gasteiger partial charge in [0.25, 0.3) is 0 Å². The van der Waals surface area contributed by atoms with Crippen LogP contribution in [0.2, 0.25) is 5.02 Å². The van der Waals surface area contributed by atoms with E-state index in [0.29, 0.717) is 0 Å². The Morgan fingerprint density at radius 3 is 2.52 bits per heavy atom. The van der Waals surface area contributed by atoms with E-state index in [1.54, 1.807) is 0 Å². The minimum absolute atomic E-state index is 0.204. The number of nitrogens with two attached hydrogens (primary N) is 1. The first-order chi connectivity index (χ1) is 10.2. The van der Waals surface area contributed by atoms with Crippen LogP contribution < -0.4 is 10.6 Å². The minimum atomic E-state index is 0.204. The molecule has 3 nitrogen and oxygen atoms in total. The molecular formula is C17H26ClN3. The van der Waals surface area contributed by atoms with E-state index < -0.39 is 0 Å². The molecule has 0 amide bonds. The van der Waals surface area contributed by atoms with Crippen molar-refractivity contribution >= 4 is 17.3 Å². The fourth-order valence-corrected chi connectivity index (χ4v) is 3.36. The van der Waals surface area contributed by atoms with Gasteiger partial charge in [0.1, 0.15) is 0 Å². The smallest absolute Gasteiger partial charge is 0.0459 e. The Labute approximate surface area is 133 Å². The first-order valence-corrected chi connectivity index (χ1v) is 8.58. The van der Waals surface area contributed by atoms with Gasteiger partial charge in [-0.1, -0.05) is 24.6 Å². The Morgan fingerprint density at radius 2 is 1.95 bits per heavy atom. The summed E-state index contributed by atoms with van der Waals surface area (Å²) in [6, 6.07) is 7.56. The second kappa shape index (κ2) is 6.55. The SMILES string of the molecule is CCC(N)Cc1ccc(N2CCN(C3CC3)CC2)cc1Cl. The quantitative estimate of drug-likeness (QED) is 0.908. The van der Waals surface area contributed by atoms with Crippen LogP contribution in [-0.2, 0) is 6.42 Å². The van der Waals surface area contributed by atoms with Crippen LogP contribution in [0.4, 0.5) is 5.69 Å². The summed E-state index contributed by atoms with van der Waals surface area (Å²) in [6.45, 7) is 6.71. The minimum Gasteiger partial charge on any atom is -0.369 e. The van der Waals surface area contributed by atoms with Gasteiger partial charge < -0.3 is 10.6 Å². The van der Waals surface area contributed by atoms with Crippen LogP contribution >= 0.6 is 11.6 Å². The molecule has 116 valence electrons. The van der Waals surface area contributed by atoms with Gasteiger partial charge in [0, 0.05) is 49.0 Å². The van der Waals surface area contributed by atoms with Gasteiger partial charge in [-0.15, -0.1) is 0 Å². The van der Waals surface area contributed by atoms with Crippen LogP contribution in [0.3, 0.4) is 0 Å². The average molecular weight is 308 g/mol. The number of benzene rings is 1. The molecule has 1 atom stereocenters. The Kier molecular flexibility index (Phi) is 4.72. The zero-order valence-electron chi connectivity index (χ0n) is 12.9. The third kappa shape index (κ3) is 3.71. The summed E-state index contributed by atoms with van der Waals surface area (Å²) in [5, 5.41) is 0.862. The molecule has 0 radical (unpaired) electrons. The summed E-state index contributed by atoms with van der Waals surface area (Å²) >= 11 is 6.45. The van der Waals surface area contributed by atoms with E-state index in [1.165, 1.54) is 37.2 Å². The van der Waals surface area contributed by atoms with Crippen molar-refractivity contribution in [3.8, 4) is 0 Å². The number of piperazine rings is 1. The summed E-state index contributed by atoms with van der Waals surface area (Å²) in [5.41, 5.74) is 8.46. The number of halogens is 1. The molecule has 0 bridgehead atoms. The molecule has 4 heteroatoms. The Bertz CT molecular complexity index is 479. The van der Waals surface area contributed by atoms with Gasteiger partial charge in [-0.05, 0) is 43.4 Å². The van der Waals surface area contributed by atoms with Crippen LogP contribution in [0, 0.1) is 0 Å². The summed E-state index contributed by atoms with van der Waals surface area (Å²) in [6.07, 6.45) is 4.66. The van der Waals surface area contributed by atoms with Gasteiger partial charge in [0.2, 0.25) is 0 Å². The zero-order valence-corrected chi connectivity index (χ0v) is 13.6. The van der Waals surface area contributed by atoms with E-state index in [4.69, 9.17) is 17.3 Å². The second-order valence-electron chi connectivity index (χ2n) is 6.40. The summed E-state index contributed by atoms with van der Waals surface area (Å²) in [5.74, 6) is 0. The standard InChI is InChI=1S/C17H26ClN3/c1-2-14(19)11-13-3-4-16(12-17(13)18)21-9-7-20(8-10-21)15-5-6-15/h3-4,12,14-15H,2,5-11,19H2,1H3. The van der Waals surface area contributed by atoms with Crippen LogP contribution in [0.25, 0.3) is 0 Å². The van der Waals surface area contributed by atoms with Crippen molar-refractivity contribution in [2.75, 3.05) is 31.1 Å². The number of hydrogen-bond acceptors (Lipinski definition) is 3. The maximum atomic E-state index is 6.45. The van der Waals surface area contributed by atoms with Crippen molar-refractivity contribution < 1.29 is 0 Å². The third-order valence-electron chi connectivity index (χ3n) is 4.79. The van der Waals surface area contributed by atoms with Crippen molar-refractivity contribution in [1.29, 1.82) is 0 Å². The molecule has 1 aliphatic carbocycles. The average Bonchev–Trinajstić information content (AvgIpc) is 3.34. The highest BCUT2D eigenvalue weighted by atomic mass is 35.5. The van der Waals surface area contributed by atoms with E-state index in [0.717, 1.165) is 37.0 Å². The number of hydrogen-bond donors (Lipinski definition) is 1. The normalized spacial score (nSPS) is 21.6. The molecule has 1 saturated carbocycles. The van der Waals surface area contributed by atoms with E-state index >= 15 is 0 Å². The van der Waals surface area contributed by atoms with Crippen molar-refractivity contribution in [2.45, 2.75) is 44.7 Å². The molecule has 1 aromatic carbocycles. The van der Waals surface area contributed by atoms with Gasteiger partial charge in [-0.2, -0.15) is 0 Å². The molecular weight excluding hydrogens is 282 g/mol. The van der Waals surface area contributed by atoms with Crippen molar-refractivity contribution in [3.05, 3.63) is 28.8 Å². The molecule has 3 rings (SSSR count). The van der Waals surface area contributed by atoms with E-state index in [9.17, 15) is 0 Å². The molecule has 0 spiro atoms. The topological polar surface area (TPSA) is 32.5 Å². The highest BCUT2D eigenvalue weighted by Gasteiger charge is 2.31. The van der Waals surface area contributed by atoms with Crippen LogP contribution in [-0.4, -0.2) is 43.2 Å². The van der Waals surface area contributed by atoms with Crippen LogP contribution in [0.15, 0.2) is 18.2 Å². The monoisotopic (exact) mass is 307 g/mol. The third-order valence-corrected chi connectivity index (χ3v) is 5.14. The zero-order chi connectivity index (χ0) is 14.8. The fraction of sp³-hybridized carbons (Fsp3) is 0.647. The Morgan fingerprint density at radius 1 is 1.24 bits per heavy atom. The highest BCUT2D eigenvalue weighted by molar-refractivity contribution is 6.31. The summed E-state index contributed by atoms with van der Waals surface area (Å²) in [7, 11) is 0. The maximum Gasteiger partial charge on any atom is 0.0459 e.